The first kappa shape index (κ1) is 19.9. The van der Waals surface area contributed by atoms with Crippen LogP contribution in [0.15, 0.2) is 36.4 Å². The van der Waals surface area contributed by atoms with Gasteiger partial charge in [0.25, 0.3) is 0 Å². The van der Waals surface area contributed by atoms with Crippen LogP contribution in [0.1, 0.15) is 40.7 Å². The number of aryl methyl sites for hydroxylation is 2. The number of carboxylic acids is 1. The summed E-state index contributed by atoms with van der Waals surface area (Å²) >= 11 is 0. The summed E-state index contributed by atoms with van der Waals surface area (Å²) in [6, 6.07) is 9.06. The van der Waals surface area contributed by atoms with Gasteiger partial charge in [-0.25, -0.2) is 4.79 Å². The lowest BCUT2D eigenvalue weighted by Crippen LogP contribution is -2.55. The molecule has 6 nitrogen and oxygen atoms in total. The van der Waals surface area contributed by atoms with Crippen molar-refractivity contribution in [3.8, 4) is 5.75 Å². The Hall–Kier alpha value is -2.86. The molecule has 1 amide bonds. The molecule has 0 saturated carbocycles. The fraction of sp³-hybridized carbons (Fsp3) is 0.364. The van der Waals surface area contributed by atoms with Crippen molar-refractivity contribution < 1.29 is 19.8 Å². The normalized spacial score (nSPS) is 18.3. The van der Waals surface area contributed by atoms with Crippen LogP contribution in [0.5, 0.6) is 5.75 Å². The highest BCUT2D eigenvalue weighted by molar-refractivity contribution is 5.88. The molecule has 0 fully saturated rings. The van der Waals surface area contributed by atoms with E-state index in [1.807, 2.05) is 45.0 Å². The Kier molecular flexibility index (Phi) is 5.42. The molecule has 6 heteroatoms. The fourth-order valence-electron chi connectivity index (χ4n) is 4.23. The zero-order valence-corrected chi connectivity index (χ0v) is 16.3. The summed E-state index contributed by atoms with van der Waals surface area (Å²) in [4.78, 5) is 26.4. The highest BCUT2D eigenvalue weighted by Crippen LogP contribution is 2.31. The van der Waals surface area contributed by atoms with Gasteiger partial charge in [0, 0.05) is 18.9 Å². The summed E-state index contributed by atoms with van der Waals surface area (Å²) in [6.07, 6.45) is 0.273. The van der Waals surface area contributed by atoms with Crippen molar-refractivity contribution in [3.63, 3.8) is 0 Å². The van der Waals surface area contributed by atoms with E-state index < -0.39 is 18.1 Å². The molecule has 148 valence electrons. The van der Waals surface area contributed by atoms with E-state index in [0.29, 0.717) is 0 Å². The second kappa shape index (κ2) is 7.64. The number of carbonyl (C=O) groups excluding carboxylic acids is 1. The average molecular weight is 382 g/mol. The quantitative estimate of drug-likeness (QED) is 0.754. The van der Waals surface area contributed by atoms with Gasteiger partial charge in [0.15, 0.2) is 0 Å². The summed E-state index contributed by atoms with van der Waals surface area (Å²) in [5, 5.41) is 19.4. The molecule has 3 atom stereocenters. The zero-order chi connectivity index (χ0) is 20.6. The Labute approximate surface area is 164 Å². The molecule has 1 aliphatic heterocycles. The summed E-state index contributed by atoms with van der Waals surface area (Å²) in [5.74, 6) is -1.55. The van der Waals surface area contributed by atoms with E-state index in [1.54, 1.807) is 12.1 Å². The van der Waals surface area contributed by atoms with Crippen molar-refractivity contribution in [2.75, 3.05) is 0 Å². The molecule has 0 radical (unpaired) electrons. The number of phenols is 1. The number of carbonyl (C=O) groups is 2. The van der Waals surface area contributed by atoms with Crippen molar-refractivity contribution in [2.24, 2.45) is 5.73 Å². The Morgan fingerprint density at radius 2 is 1.71 bits per heavy atom. The highest BCUT2D eigenvalue weighted by atomic mass is 16.4. The molecule has 0 aliphatic carbocycles. The number of nitrogens with two attached hydrogens (primary N) is 1. The van der Waals surface area contributed by atoms with Crippen LogP contribution >= 0.6 is 0 Å². The fourth-order valence-corrected chi connectivity index (χ4v) is 4.23. The smallest absolute Gasteiger partial charge is 0.326 e. The van der Waals surface area contributed by atoms with Gasteiger partial charge in [-0.2, -0.15) is 0 Å². The van der Waals surface area contributed by atoms with E-state index in [4.69, 9.17) is 5.73 Å². The van der Waals surface area contributed by atoms with Gasteiger partial charge < -0.3 is 20.8 Å². The Morgan fingerprint density at radius 1 is 1.14 bits per heavy atom. The first-order valence-electron chi connectivity index (χ1n) is 9.36. The molecular weight excluding hydrogens is 356 g/mol. The predicted molar refractivity (Wildman–Crippen MR) is 106 cm³/mol. The molecule has 0 spiro atoms. The minimum atomic E-state index is -1.03. The van der Waals surface area contributed by atoms with Crippen LogP contribution in [-0.2, 0) is 22.6 Å². The van der Waals surface area contributed by atoms with Crippen molar-refractivity contribution in [3.05, 3.63) is 64.2 Å². The second-order valence-electron chi connectivity index (χ2n) is 7.60. The summed E-state index contributed by atoms with van der Waals surface area (Å²) in [7, 11) is 0. The number of aliphatic carboxylic acids is 1. The lowest BCUT2D eigenvalue weighted by Gasteiger charge is -2.37. The average Bonchev–Trinajstić information content (AvgIpc) is 2.64. The van der Waals surface area contributed by atoms with Gasteiger partial charge >= 0.3 is 5.97 Å². The maximum Gasteiger partial charge on any atom is 0.326 e. The molecule has 2 aromatic carbocycles. The number of amides is 1. The monoisotopic (exact) mass is 382 g/mol. The van der Waals surface area contributed by atoms with E-state index in [2.05, 4.69) is 0 Å². The van der Waals surface area contributed by atoms with Crippen LogP contribution in [-0.4, -0.2) is 39.1 Å². The molecule has 1 aliphatic rings. The highest BCUT2D eigenvalue weighted by Gasteiger charge is 2.38. The standard InChI is InChI=1S/C22H26N2O4/c1-12-8-17(25)9-13(2)19(12)14(3)20(23)21(26)24-11-16-7-5-4-6-15(16)10-18(24)22(27)28/h4-9,14,18,20,25H,10-11,23H2,1-3H3,(H,27,28)/t14-,18?,20?/m1/s1. The molecule has 0 aromatic heterocycles. The number of nitrogens with zero attached hydrogens (tertiary/aromatic N) is 1. The van der Waals surface area contributed by atoms with Crippen LogP contribution in [0, 0.1) is 13.8 Å². The Balaban J connectivity index is 1.90. The van der Waals surface area contributed by atoms with Crippen LogP contribution < -0.4 is 5.73 Å². The molecule has 1 heterocycles. The first-order chi connectivity index (χ1) is 13.2. The third-order valence-corrected chi connectivity index (χ3v) is 5.67. The maximum atomic E-state index is 13.2. The second-order valence-corrected chi connectivity index (χ2v) is 7.60. The van der Waals surface area contributed by atoms with Gasteiger partial charge in [0.2, 0.25) is 5.91 Å². The summed E-state index contributed by atoms with van der Waals surface area (Å²) in [6.45, 7) is 5.84. The number of carboxylic acid groups (broad SMARTS) is 1. The minimum absolute atomic E-state index is 0.171. The van der Waals surface area contributed by atoms with Crippen molar-refractivity contribution >= 4 is 11.9 Å². The topological polar surface area (TPSA) is 104 Å². The van der Waals surface area contributed by atoms with Crippen LogP contribution in [0.3, 0.4) is 0 Å². The molecule has 3 rings (SSSR count). The lowest BCUT2D eigenvalue weighted by atomic mass is 9.85. The summed E-state index contributed by atoms with van der Waals surface area (Å²) in [5.41, 5.74) is 10.8. The maximum absolute atomic E-state index is 13.2. The predicted octanol–water partition coefficient (Wildman–Crippen LogP) is 2.48. The number of fused-ring (bicyclic) bond motifs is 1. The third kappa shape index (κ3) is 3.60. The van der Waals surface area contributed by atoms with Crippen LogP contribution in [0.25, 0.3) is 0 Å². The first-order valence-corrected chi connectivity index (χ1v) is 9.36. The van der Waals surface area contributed by atoms with Crippen LogP contribution in [0.2, 0.25) is 0 Å². The molecule has 2 aromatic rings. The lowest BCUT2D eigenvalue weighted by molar-refractivity contribution is -0.152. The molecule has 2 unspecified atom stereocenters. The molecule has 0 bridgehead atoms. The Bertz CT molecular complexity index is 901. The number of benzene rings is 2. The van der Waals surface area contributed by atoms with Gasteiger partial charge in [-0.3, -0.25) is 4.79 Å². The number of hydrogen-bond acceptors (Lipinski definition) is 4. The van der Waals surface area contributed by atoms with Gasteiger partial charge in [-0.1, -0.05) is 31.2 Å². The van der Waals surface area contributed by atoms with E-state index in [9.17, 15) is 19.8 Å². The number of rotatable bonds is 4. The largest absolute Gasteiger partial charge is 0.508 e. The molecular formula is C22H26N2O4. The molecule has 28 heavy (non-hydrogen) atoms. The van der Waals surface area contributed by atoms with Gasteiger partial charge in [-0.15, -0.1) is 0 Å². The molecule has 0 saturated heterocycles. The van der Waals surface area contributed by atoms with Crippen LogP contribution in [0.4, 0.5) is 0 Å². The van der Waals surface area contributed by atoms with Crippen molar-refractivity contribution in [1.82, 2.24) is 4.90 Å². The van der Waals surface area contributed by atoms with E-state index in [1.165, 1.54) is 4.90 Å². The van der Waals surface area contributed by atoms with Gasteiger partial charge in [-0.05, 0) is 53.8 Å². The SMILES string of the molecule is Cc1cc(O)cc(C)c1[C@@H](C)C(N)C(=O)N1Cc2ccccc2CC1C(=O)O. The van der Waals surface area contributed by atoms with Gasteiger partial charge in [0.05, 0.1) is 6.04 Å². The summed E-state index contributed by atoms with van der Waals surface area (Å²) < 4.78 is 0. The zero-order valence-electron chi connectivity index (χ0n) is 16.3. The van der Waals surface area contributed by atoms with Crippen molar-refractivity contribution in [1.29, 1.82) is 0 Å². The molecule has 4 N–H and O–H groups in total. The van der Waals surface area contributed by atoms with E-state index in [0.717, 1.165) is 27.8 Å². The Morgan fingerprint density at radius 3 is 2.29 bits per heavy atom. The minimum Gasteiger partial charge on any atom is -0.508 e. The third-order valence-electron chi connectivity index (χ3n) is 5.67. The number of aromatic hydroxyl groups is 1. The van der Waals surface area contributed by atoms with Crippen molar-refractivity contribution in [2.45, 2.75) is 51.7 Å². The number of phenolic OH excluding ortho intramolecular Hbond substituents is 1. The van der Waals surface area contributed by atoms with E-state index >= 15 is 0 Å². The van der Waals surface area contributed by atoms with Gasteiger partial charge in [0.1, 0.15) is 11.8 Å². The number of hydrogen-bond donors (Lipinski definition) is 3. The van der Waals surface area contributed by atoms with E-state index in [-0.39, 0.29) is 30.5 Å².